The van der Waals surface area contributed by atoms with E-state index in [0.29, 0.717) is 39.3 Å². The number of amides is 3. The Hall–Kier alpha value is -6.35. The zero-order chi connectivity index (χ0) is 38.4. The second-order valence-corrected chi connectivity index (χ2v) is 12.3. The quantitative estimate of drug-likeness (QED) is 0.138. The standard InChI is InChI=1S/3C15H15NO2.Fe/c3*17-15(18)16(11-13-7-3-1-4-8-13)12-14-9-5-2-6-10-14;/h3*1-10H,11-12H2,(H,17,18);/q;;;+3/p-3. The van der Waals surface area contributed by atoms with Crippen molar-refractivity contribution in [3.63, 3.8) is 0 Å². The summed E-state index contributed by atoms with van der Waals surface area (Å²) in [5, 5.41) is 33.4. The van der Waals surface area contributed by atoms with Gasteiger partial charge in [0.05, 0.1) is 0 Å². The first kappa shape index (κ1) is 43.1. The van der Waals surface area contributed by atoms with E-state index in [9.17, 15) is 29.7 Å². The van der Waals surface area contributed by atoms with Gasteiger partial charge in [-0.25, -0.2) is 0 Å². The Morgan fingerprint density at radius 2 is 0.418 bits per heavy atom. The van der Waals surface area contributed by atoms with Crippen molar-refractivity contribution >= 4 is 18.3 Å². The van der Waals surface area contributed by atoms with Gasteiger partial charge in [-0.1, -0.05) is 182 Å². The van der Waals surface area contributed by atoms with Gasteiger partial charge >= 0.3 is 17.1 Å². The van der Waals surface area contributed by atoms with Gasteiger partial charge in [-0.3, -0.25) is 0 Å². The molecule has 1 radical (unpaired) electrons. The molecule has 0 aromatic heterocycles. The largest absolute Gasteiger partial charge is 3.00 e. The first-order chi connectivity index (χ1) is 26.3. The summed E-state index contributed by atoms with van der Waals surface area (Å²) >= 11 is 0. The van der Waals surface area contributed by atoms with Gasteiger partial charge < -0.3 is 44.4 Å². The number of carbonyl (C=O) groups excluding carboxylic acids is 3. The molecule has 0 atom stereocenters. The maximum atomic E-state index is 11.1. The SMILES string of the molecule is O=C([O-])N(Cc1ccccc1)Cc1ccccc1.O=C([O-])N(Cc1ccccc1)Cc1ccccc1.O=C([O-])N(Cc1ccccc1)Cc1ccccc1.[Fe+3]. The zero-order valence-corrected chi connectivity index (χ0v) is 31.3. The summed E-state index contributed by atoms with van der Waals surface area (Å²) in [5.74, 6) is 0. The molecular weight excluding hydrogens is 734 g/mol. The predicted octanol–water partition coefficient (Wildman–Crippen LogP) is 6.09. The molecule has 0 unspecified atom stereocenters. The molecule has 55 heavy (non-hydrogen) atoms. The molecular formula is C45H42FeN3O6. The Bertz CT molecular complexity index is 1600. The van der Waals surface area contributed by atoms with E-state index in [1.165, 1.54) is 14.7 Å². The van der Waals surface area contributed by atoms with Crippen molar-refractivity contribution in [2.24, 2.45) is 0 Å². The molecule has 0 heterocycles. The minimum atomic E-state index is -1.15. The van der Waals surface area contributed by atoms with E-state index in [0.717, 1.165) is 33.4 Å². The molecule has 0 fully saturated rings. The average Bonchev–Trinajstić information content (AvgIpc) is 3.20. The van der Waals surface area contributed by atoms with Crippen molar-refractivity contribution in [1.29, 1.82) is 0 Å². The summed E-state index contributed by atoms with van der Waals surface area (Å²) in [6.07, 6.45) is -3.45. The molecule has 0 spiro atoms. The molecule has 6 aromatic rings. The molecule has 0 bridgehead atoms. The summed E-state index contributed by atoms with van der Waals surface area (Å²) < 4.78 is 0. The second kappa shape index (κ2) is 24.1. The van der Waals surface area contributed by atoms with Crippen LogP contribution in [0.25, 0.3) is 0 Å². The molecule has 10 heteroatoms. The van der Waals surface area contributed by atoms with Crippen molar-refractivity contribution in [2.75, 3.05) is 0 Å². The van der Waals surface area contributed by atoms with Crippen molar-refractivity contribution in [1.82, 2.24) is 14.7 Å². The molecule has 0 aliphatic carbocycles. The summed E-state index contributed by atoms with van der Waals surface area (Å²) in [5.41, 5.74) is 5.74. The Morgan fingerprint density at radius 1 is 0.291 bits per heavy atom. The van der Waals surface area contributed by atoms with Gasteiger partial charge in [0.1, 0.15) is 18.3 Å². The third-order valence-corrected chi connectivity index (χ3v) is 8.07. The van der Waals surface area contributed by atoms with Gasteiger partial charge in [0.25, 0.3) is 0 Å². The number of rotatable bonds is 12. The van der Waals surface area contributed by atoms with E-state index in [4.69, 9.17) is 0 Å². The van der Waals surface area contributed by atoms with E-state index in [1.807, 2.05) is 182 Å². The van der Waals surface area contributed by atoms with Crippen LogP contribution in [0.4, 0.5) is 14.4 Å². The number of hydrogen-bond donors (Lipinski definition) is 0. The monoisotopic (exact) mass is 776 g/mol. The molecule has 0 N–H and O–H groups in total. The van der Waals surface area contributed by atoms with E-state index in [-0.39, 0.29) is 17.1 Å². The molecule has 3 amide bonds. The first-order valence-electron chi connectivity index (χ1n) is 17.4. The maximum absolute atomic E-state index is 11.1. The topological polar surface area (TPSA) is 130 Å². The fraction of sp³-hybridized carbons (Fsp3) is 0.133. The molecule has 0 saturated carbocycles. The summed E-state index contributed by atoms with van der Waals surface area (Å²) in [7, 11) is 0. The Labute approximate surface area is 333 Å². The van der Waals surface area contributed by atoms with Gasteiger partial charge in [0.15, 0.2) is 0 Å². The van der Waals surface area contributed by atoms with Crippen LogP contribution in [0.3, 0.4) is 0 Å². The summed E-state index contributed by atoms with van der Waals surface area (Å²) in [6.45, 7) is 2.07. The van der Waals surface area contributed by atoms with E-state index in [1.54, 1.807) is 0 Å². The van der Waals surface area contributed by atoms with E-state index < -0.39 is 18.3 Å². The van der Waals surface area contributed by atoms with Gasteiger partial charge in [-0.2, -0.15) is 0 Å². The normalized spacial score (nSPS) is 9.82. The number of benzene rings is 6. The van der Waals surface area contributed by atoms with E-state index in [2.05, 4.69) is 0 Å². The van der Waals surface area contributed by atoms with Crippen LogP contribution in [0.5, 0.6) is 0 Å². The van der Waals surface area contributed by atoms with Crippen LogP contribution in [0, 0.1) is 0 Å². The number of carbonyl (C=O) groups is 3. The van der Waals surface area contributed by atoms with Crippen LogP contribution in [-0.2, 0) is 56.3 Å². The number of nitrogens with zero attached hydrogens (tertiary/aromatic N) is 3. The molecule has 6 aromatic carbocycles. The van der Waals surface area contributed by atoms with Gasteiger partial charge in [-0.05, 0) is 33.4 Å². The van der Waals surface area contributed by atoms with Crippen molar-refractivity contribution in [3.05, 3.63) is 215 Å². The third-order valence-electron chi connectivity index (χ3n) is 8.07. The number of carboxylic acid groups (broad SMARTS) is 3. The minimum absolute atomic E-state index is 0. The van der Waals surface area contributed by atoms with Crippen molar-refractivity contribution in [2.45, 2.75) is 39.3 Å². The second-order valence-electron chi connectivity index (χ2n) is 12.3. The molecule has 9 nitrogen and oxygen atoms in total. The van der Waals surface area contributed by atoms with Crippen LogP contribution in [-0.4, -0.2) is 33.0 Å². The molecule has 0 saturated heterocycles. The zero-order valence-electron chi connectivity index (χ0n) is 30.2. The van der Waals surface area contributed by atoms with Gasteiger partial charge in [0.2, 0.25) is 0 Å². The Kier molecular flexibility index (Phi) is 18.8. The Balaban J connectivity index is 0.000000220. The fourth-order valence-electron chi connectivity index (χ4n) is 5.38. The molecule has 0 aliphatic heterocycles. The van der Waals surface area contributed by atoms with E-state index >= 15 is 0 Å². The van der Waals surface area contributed by atoms with Crippen LogP contribution < -0.4 is 15.3 Å². The van der Waals surface area contributed by atoms with Crippen LogP contribution in [0.1, 0.15) is 33.4 Å². The molecule has 6 rings (SSSR count). The fourth-order valence-corrected chi connectivity index (χ4v) is 5.38. The Morgan fingerprint density at radius 3 is 0.527 bits per heavy atom. The van der Waals surface area contributed by atoms with Crippen molar-refractivity contribution in [3.8, 4) is 0 Å². The smallest absolute Gasteiger partial charge is 0.530 e. The molecule has 0 aliphatic rings. The average molecular weight is 777 g/mol. The van der Waals surface area contributed by atoms with Gasteiger partial charge in [0, 0.05) is 39.3 Å². The maximum Gasteiger partial charge on any atom is 3.00 e. The third kappa shape index (κ3) is 16.5. The minimum Gasteiger partial charge on any atom is -0.530 e. The predicted molar refractivity (Wildman–Crippen MR) is 203 cm³/mol. The van der Waals surface area contributed by atoms with Crippen LogP contribution in [0.2, 0.25) is 0 Å². The summed E-state index contributed by atoms with van der Waals surface area (Å²) in [4.78, 5) is 37.3. The summed E-state index contributed by atoms with van der Waals surface area (Å²) in [6, 6.07) is 57.0. The number of hydrogen-bond acceptors (Lipinski definition) is 6. The van der Waals surface area contributed by atoms with Crippen LogP contribution in [0.15, 0.2) is 182 Å². The van der Waals surface area contributed by atoms with Gasteiger partial charge in [-0.15, -0.1) is 0 Å². The van der Waals surface area contributed by atoms with Crippen LogP contribution >= 0.6 is 0 Å². The van der Waals surface area contributed by atoms with Crippen molar-refractivity contribution < 1.29 is 46.8 Å². The molecule has 281 valence electrons. The first-order valence-corrected chi connectivity index (χ1v) is 17.4.